The number of alkyl halides is 2. The molecule has 1 aliphatic carbocycles. The Labute approximate surface area is 194 Å². The minimum Gasteiger partial charge on any atom is -0.497 e. The number of amides is 1. The number of benzene rings is 3. The second-order valence-electron chi connectivity index (χ2n) is 7.33. The Morgan fingerprint density at radius 2 is 1.76 bits per heavy atom. The first-order chi connectivity index (χ1) is 15.8. The molecule has 9 heteroatoms. The van der Waals surface area contributed by atoms with Gasteiger partial charge in [0.25, 0.3) is 12.4 Å². The van der Waals surface area contributed by atoms with E-state index in [1.807, 2.05) is 0 Å². The van der Waals surface area contributed by atoms with Crippen molar-refractivity contribution >= 4 is 34.8 Å². The van der Waals surface area contributed by atoms with Gasteiger partial charge in [-0.3, -0.25) is 9.59 Å². The summed E-state index contributed by atoms with van der Waals surface area (Å²) in [6.07, 6.45) is -0.910. The fourth-order valence-electron chi connectivity index (χ4n) is 3.37. The molecule has 3 aromatic rings. The van der Waals surface area contributed by atoms with Crippen LogP contribution in [0, 0.1) is 0 Å². The number of methoxy groups -OCH3 is 1. The predicted octanol–water partition coefficient (Wildman–Crippen LogP) is 5.61. The van der Waals surface area contributed by atoms with Crippen molar-refractivity contribution in [2.24, 2.45) is 0 Å². The van der Waals surface area contributed by atoms with Crippen LogP contribution in [-0.2, 0) is 10.9 Å². The summed E-state index contributed by atoms with van der Waals surface area (Å²) >= 11 is 6.35. The number of hydrogen-bond acceptors (Lipinski definition) is 4. The third-order valence-corrected chi connectivity index (χ3v) is 5.60. The van der Waals surface area contributed by atoms with Gasteiger partial charge in [0, 0.05) is 21.8 Å². The Balaban J connectivity index is 0.000000968. The van der Waals surface area contributed by atoms with Crippen LogP contribution in [0.3, 0.4) is 0 Å². The van der Waals surface area contributed by atoms with Crippen LogP contribution in [0.1, 0.15) is 35.2 Å². The van der Waals surface area contributed by atoms with Gasteiger partial charge in [0.2, 0.25) is 0 Å². The summed E-state index contributed by atoms with van der Waals surface area (Å²) in [6.45, 7) is -0.250. The van der Waals surface area contributed by atoms with Crippen LogP contribution in [0.2, 0.25) is 5.02 Å². The summed E-state index contributed by atoms with van der Waals surface area (Å²) in [7, 11) is 1.45. The highest BCUT2D eigenvalue weighted by atomic mass is 35.5. The standard InChI is InChI=1S/C23H20ClF2NO3.CH2O2/c1-29-16-11-9-14(10-12-16)23(25,26)30-21-18-8-3-2-7-17(18)20(24)13-19(21)22(28)27-15-5-4-6-15;2-1-3/h2-3,7-13,15H,4-6H2,1H3,(H,27,28);1H,(H,2,3). The molecular weight excluding hydrogens is 456 g/mol. The van der Waals surface area contributed by atoms with Crippen LogP contribution in [0.4, 0.5) is 8.78 Å². The van der Waals surface area contributed by atoms with E-state index < -0.39 is 12.0 Å². The molecule has 6 nitrogen and oxygen atoms in total. The molecule has 0 radical (unpaired) electrons. The van der Waals surface area contributed by atoms with Gasteiger partial charge in [-0.2, -0.15) is 8.78 Å². The van der Waals surface area contributed by atoms with E-state index in [0.717, 1.165) is 19.3 Å². The number of rotatable bonds is 6. The molecule has 0 saturated heterocycles. The Kier molecular flexibility index (Phi) is 7.71. The molecule has 4 rings (SSSR count). The molecule has 1 fully saturated rings. The minimum absolute atomic E-state index is 0.0150. The number of halogens is 3. The normalized spacial score (nSPS) is 13.3. The van der Waals surface area contributed by atoms with Crippen LogP contribution < -0.4 is 14.8 Å². The van der Waals surface area contributed by atoms with Gasteiger partial charge in [0.15, 0.2) is 0 Å². The highest BCUT2D eigenvalue weighted by Gasteiger charge is 2.37. The summed E-state index contributed by atoms with van der Waals surface area (Å²) < 4.78 is 40.4. The van der Waals surface area contributed by atoms with Gasteiger partial charge in [-0.05, 0) is 49.6 Å². The van der Waals surface area contributed by atoms with Gasteiger partial charge in [-0.25, -0.2) is 0 Å². The third kappa shape index (κ3) is 5.51. The largest absolute Gasteiger partial charge is 0.497 e. The summed E-state index contributed by atoms with van der Waals surface area (Å²) in [5, 5.41) is 10.9. The first-order valence-corrected chi connectivity index (χ1v) is 10.5. The first-order valence-electron chi connectivity index (χ1n) is 10.1. The van der Waals surface area contributed by atoms with Gasteiger partial charge in [-0.15, -0.1) is 0 Å². The fraction of sp³-hybridized carbons (Fsp3) is 0.250. The third-order valence-electron chi connectivity index (χ3n) is 5.29. The van der Waals surface area contributed by atoms with Crippen molar-refractivity contribution in [2.45, 2.75) is 31.4 Å². The molecule has 174 valence electrons. The van der Waals surface area contributed by atoms with Gasteiger partial charge in [0.05, 0.1) is 18.2 Å². The zero-order valence-corrected chi connectivity index (χ0v) is 18.4. The molecule has 3 aromatic carbocycles. The molecule has 2 N–H and O–H groups in total. The van der Waals surface area contributed by atoms with E-state index in [2.05, 4.69) is 5.32 Å². The Morgan fingerprint density at radius 3 is 2.30 bits per heavy atom. The molecular formula is C24H22ClF2NO5. The summed E-state index contributed by atoms with van der Waals surface area (Å²) in [5.74, 6) is -0.229. The Bertz CT molecular complexity index is 1130. The van der Waals surface area contributed by atoms with Crippen molar-refractivity contribution in [3.8, 4) is 11.5 Å². The number of hydrogen-bond donors (Lipinski definition) is 2. The van der Waals surface area contributed by atoms with Crippen molar-refractivity contribution in [1.82, 2.24) is 5.32 Å². The van der Waals surface area contributed by atoms with Crippen molar-refractivity contribution in [3.63, 3.8) is 0 Å². The van der Waals surface area contributed by atoms with Crippen molar-refractivity contribution < 1.29 is 33.0 Å². The van der Waals surface area contributed by atoms with Crippen LogP contribution in [0.25, 0.3) is 10.8 Å². The van der Waals surface area contributed by atoms with Gasteiger partial charge >= 0.3 is 6.11 Å². The zero-order valence-electron chi connectivity index (χ0n) is 17.7. The lowest BCUT2D eigenvalue weighted by Crippen LogP contribution is -2.39. The molecule has 1 amide bonds. The lowest BCUT2D eigenvalue weighted by molar-refractivity contribution is -0.184. The highest BCUT2D eigenvalue weighted by molar-refractivity contribution is 6.36. The van der Waals surface area contributed by atoms with E-state index in [-0.39, 0.29) is 29.4 Å². The van der Waals surface area contributed by atoms with E-state index in [9.17, 15) is 4.79 Å². The van der Waals surface area contributed by atoms with Gasteiger partial charge in [0.1, 0.15) is 11.5 Å². The smallest absolute Gasteiger partial charge is 0.426 e. The minimum atomic E-state index is -3.67. The first kappa shape index (κ1) is 24.3. The molecule has 1 saturated carbocycles. The van der Waals surface area contributed by atoms with Crippen LogP contribution in [0.5, 0.6) is 11.5 Å². The van der Waals surface area contributed by atoms with Crippen LogP contribution in [0.15, 0.2) is 54.6 Å². The van der Waals surface area contributed by atoms with Crippen molar-refractivity contribution in [1.29, 1.82) is 0 Å². The SMILES string of the molecule is COc1ccc(C(F)(F)Oc2c(C(=O)NC3CCC3)cc(Cl)c3ccccc23)cc1.O=CO. The molecule has 0 unspecified atom stereocenters. The van der Waals surface area contributed by atoms with Gasteiger partial charge < -0.3 is 19.9 Å². The maximum absolute atomic E-state index is 15.1. The van der Waals surface area contributed by atoms with E-state index in [0.29, 0.717) is 21.5 Å². The zero-order chi connectivity index (χ0) is 24.0. The maximum atomic E-state index is 15.1. The fourth-order valence-corrected chi connectivity index (χ4v) is 3.64. The molecule has 0 heterocycles. The molecule has 0 aromatic heterocycles. The van der Waals surface area contributed by atoms with E-state index in [4.69, 9.17) is 31.0 Å². The van der Waals surface area contributed by atoms with Crippen molar-refractivity contribution in [2.75, 3.05) is 7.11 Å². The molecule has 0 aliphatic heterocycles. The summed E-state index contributed by atoms with van der Waals surface area (Å²) in [6, 6.07) is 13.5. The predicted molar refractivity (Wildman–Crippen MR) is 120 cm³/mol. The maximum Gasteiger partial charge on any atom is 0.426 e. The van der Waals surface area contributed by atoms with E-state index in [1.165, 1.54) is 37.4 Å². The molecule has 0 atom stereocenters. The lowest BCUT2D eigenvalue weighted by Gasteiger charge is -2.27. The number of ether oxygens (including phenoxy) is 2. The van der Waals surface area contributed by atoms with E-state index >= 15 is 8.78 Å². The Morgan fingerprint density at radius 1 is 1.15 bits per heavy atom. The molecule has 0 bridgehead atoms. The Hall–Kier alpha value is -3.39. The van der Waals surface area contributed by atoms with Crippen LogP contribution in [-0.4, -0.2) is 30.6 Å². The van der Waals surface area contributed by atoms with Crippen LogP contribution >= 0.6 is 11.6 Å². The highest BCUT2D eigenvalue weighted by Crippen LogP contribution is 2.41. The van der Waals surface area contributed by atoms with Gasteiger partial charge in [-0.1, -0.05) is 35.9 Å². The molecule has 0 spiro atoms. The number of fused-ring (bicyclic) bond motifs is 1. The number of nitrogens with one attached hydrogen (secondary N) is 1. The summed E-state index contributed by atoms with van der Waals surface area (Å²) in [4.78, 5) is 21.2. The quantitative estimate of drug-likeness (QED) is 0.450. The lowest BCUT2D eigenvalue weighted by atomic mass is 9.92. The topological polar surface area (TPSA) is 84.9 Å². The number of carbonyl (C=O) groups excluding carboxylic acids is 1. The number of carbonyl (C=O) groups is 2. The second kappa shape index (κ2) is 10.5. The van der Waals surface area contributed by atoms with Crippen molar-refractivity contribution in [3.05, 3.63) is 70.7 Å². The molecule has 1 aliphatic rings. The number of carboxylic acid groups (broad SMARTS) is 1. The monoisotopic (exact) mass is 477 g/mol. The average molecular weight is 478 g/mol. The molecule has 33 heavy (non-hydrogen) atoms. The van der Waals surface area contributed by atoms with E-state index in [1.54, 1.807) is 24.3 Å². The summed E-state index contributed by atoms with van der Waals surface area (Å²) in [5.41, 5.74) is -0.369. The second-order valence-corrected chi connectivity index (χ2v) is 7.74. The average Bonchev–Trinajstić information content (AvgIpc) is 2.78.